The number of rotatable bonds is 7. The van der Waals surface area contributed by atoms with E-state index in [0.29, 0.717) is 24.7 Å². The first-order valence-corrected chi connectivity index (χ1v) is 10.6. The molecule has 0 saturated carbocycles. The van der Waals surface area contributed by atoms with Crippen LogP contribution in [-0.2, 0) is 5.41 Å². The van der Waals surface area contributed by atoms with Crippen molar-refractivity contribution in [1.82, 2.24) is 14.9 Å². The first-order valence-electron chi connectivity index (χ1n) is 10.6. The fraction of sp³-hybridized carbons (Fsp3) is 0.280. The smallest absolute Gasteiger partial charge is 0.407 e. The van der Waals surface area contributed by atoms with Gasteiger partial charge < -0.3 is 19.5 Å². The fourth-order valence-corrected chi connectivity index (χ4v) is 3.70. The van der Waals surface area contributed by atoms with Gasteiger partial charge in [-0.1, -0.05) is 38.1 Å². The molecule has 1 N–H and O–H groups in total. The molecule has 168 valence electrons. The Kier molecular flexibility index (Phi) is 6.13. The van der Waals surface area contributed by atoms with Gasteiger partial charge in [-0.3, -0.25) is 0 Å². The molecule has 0 aliphatic carbocycles. The first-order chi connectivity index (χ1) is 15.9. The highest BCUT2D eigenvalue weighted by Crippen LogP contribution is 2.34. The van der Waals surface area contributed by atoms with Crippen LogP contribution in [0.25, 0.3) is 0 Å². The molecule has 0 bridgehead atoms. The van der Waals surface area contributed by atoms with E-state index in [-0.39, 0.29) is 17.3 Å². The Bertz CT molecular complexity index is 1150. The molecule has 1 saturated heterocycles. The summed E-state index contributed by atoms with van der Waals surface area (Å²) in [5.74, 6) is 1.93. The number of benzene rings is 2. The normalized spacial score (nSPS) is 15.3. The van der Waals surface area contributed by atoms with E-state index in [0.717, 1.165) is 23.3 Å². The Morgan fingerprint density at radius 1 is 1.06 bits per heavy atom. The van der Waals surface area contributed by atoms with Crippen molar-refractivity contribution in [2.75, 3.05) is 13.2 Å². The molecule has 8 nitrogen and oxygen atoms in total. The van der Waals surface area contributed by atoms with Gasteiger partial charge in [-0.05, 0) is 41.8 Å². The van der Waals surface area contributed by atoms with Gasteiger partial charge in [-0.2, -0.15) is 5.26 Å². The number of nitriles is 1. The Labute approximate surface area is 192 Å². The summed E-state index contributed by atoms with van der Waals surface area (Å²) in [6.45, 7) is 5.22. The van der Waals surface area contributed by atoms with Crippen molar-refractivity contribution < 1.29 is 19.4 Å². The zero-order valence-corrected chi connectivity index (χ0v) is 18.4. The lowest BCUT2D eigenvalue weighted by Crippen LogP contribution is -2.53. The second-order valence-corrected chi connectivity index (χ2v) is 8.36. The lowest BCUT2D eigenvalue weighted by Gasteiger charge is -2.38. The molecule has 1 aliphatic heterocycles. The average Bonchev–Trinajstić information content (AvgIpc) is 2.79. The standard InChI is InChI=1S/C25H24N4O4/c1-25(2,17-3-7-20(8-4-17)32-16-19-11-12-29(19)24(30)31)18-5-9-21(10-6-18)33-22-14-27-23(13-26)28-15-22/h3-10,14-15,19H,11-12,16H2,1-2H3,(H,30,31). The van der Waals surface area contributed by atoms with Gasteiger partial charge in [0, 0.05) is 12.0 Å². The van der Waals surface area contributed by atoms with Gasteiger partial charge in [-0.25, -0.2) is 14.8 Å². The molecule has 33 heavy (non-hydrogen) atoms. The van der Waals surface area contributed by atoms with Crippen molar-refractivity contribution in [1.29, 1.82) is 5.26 Å². The highest BCUT2D eigenvalue weighted by atomic mass is 16.5. The van der Waals surface area contributed by atoms with Crippen LogP contribution in [0.4, 0.5) is 4.79 Å². The summed E-state index contributed by atoms with van der Waals surface area (Å²) < 4.78 is 11.6. The zero-order valence-electron chi connectivity index (χ0n) is 18.4. The maximum Gasteiger partial charge on any atom is 0.407 e. The topological polar surface area (TPSA) is 109 Å². The quantitative estimate of drug-likeness (QED) is 0.567. The number of nitrogens with zero attached hydrogens (tertiary/aromatic N) is 4. The van der Waals surface area contributed by atoms with Crippen molar-refractivity contribution in [3.8, 4) is 23.3 Å². The molecule has 4 rings (SSSR count). The second-order valence-electron chi connectivity index (χ2n) is 8.36. The minimum Gasteiger partial charge on any atom is -0.491 e. The predicted octanol–water partition coefficient (Wildman–Crippen LogP) is 4.60. The Balaban J connectivity index is 1.38. The van der Waals surface area contributed by atoms with Gasteiger partial charge in [-0.15, -0.1) is 0 Å². The number of hydrogen-bond donors (Lipinski definition) is 1. The monoisotopic (exact) mass is 444 g/mol. The Hall–Kier alpha value is -4.12. The molecule has 8 heteroatoms. The van der Waals surface area contributed by atoms with Gasteiger partial charge in [0.25, 0.3) is 0 Å². The van der Waals surface area contributed by atoms with Crippen LogP contribution in [0.2, 0.25) is 0 Å². The van der Waals surface area contributed by atoms with Gasteiger partial charge in [0.2, 0.25) is 5.82 Å². The van der Waals surface area contributed by atoms with Gasteiger partial charge in [0.05, 0.1) is 18.4 Å². The van der Waals surface area contributed by atoms with Crippen LogP contribution in [0.5, 0.6) is 17.2 Å². The van der Waals surface area contributed by atoms with Crippen LogP contribution in [0.3, 0.4) is 0 Å². The van der Waals surface area contributed by atoms with Crippen LogP contribution in [0.1, 0.15) is 37.2 Å². The fourth-order valence-electron chi connectivity index (χ4n) is 3.70. The zero-order chi connectivity index (χ0) is 23.4. The number of ether oxygens (including phenoxy) is 2. The summed E-state index contributed by atoms with van der Waals surface area (Å²) in [5, 5.41) is 17.9. The SMILES string of the molecule is CC(C)(c1ccc(OCC2CCN2C(=O)O)cc1)c1ccc(Oc2cnc(C#N)nc2)cc1. The van der Waals surface area contributed by atoms with Gasteiger partial charge in [0.1, 0.15) is 24.2 Å². The van der Waals surface area contributed by atoms with Crippen molar-refractivity contribution >= 4 is 6.09 Å². The molecule has 1 aliphatic rings. The van der Waals surface area contributed by atoms with Gasteiger partial charge >= 0.3 is 6.09 Å². The lowest BCUT2D eigenvalue weighted by atomic mass is 9.78. The highest BCUT2D eigenvalue weighted by Gasteiger charge is 2.32. The van der Waals surface area contributed by atoms with Crippen LogP contribution >= 0.6 is 0 Å². The molecular weight excluding hydrogens is 420 g/mol. The molecular formula is C25H24N4O4. The molecule has 1 unspecified atom stereocenters. The van der Waals surface area contributed by atoms with E-state index in [1.165, 1.54) is 17.3 Å². The van der Waals surface area contributed by atoms with Crippen LogP contribution in [0, 0.1) is 11.3 Å². The van der Waals surface area contributed by atoms with Gasteiger partial charge in [0.15, 0.2) is 5.75 Å². The minimum absolute atomic E-state index is 0.0739. The lowest BCUT2D eigenvalue weighted by molar-refractivity contribution is 0.0499. The van der Waals surface area contributed by atoms with E-state index < -0.39 is 6.09 Å². The number of likely N-dealkylation sites (tertiary alicyclic amines) is 1. The van der Waals surface area contributed by atoms with E-state index in [1.54, 1.807) is 0 Å². The molecule has 0 spiro atoms. The molecule has 2 heterocycles. The third kappa shape index (κ3) is 4.88. The highest BCUT2D eigenvalue weighted by molar-refractivity contribution is 5.66. The van der Waals surface area contributed by atoms with Crippen LogP contribution in [0.15, 0.2) is 60.9 Å². The number of aromatic nitrogens is 2. The second kappa shape index (κ2) is 9.17. The molecule has 2 aromatic carbocycles. The molecule has 1 amide bonds. The van der Waals surface area contributed by atoms with E-state index in [4.69, 9.17) is 19.8 Å². The number of hydrogen-bond acceptors (Lipinski definition) is 6. The third-order valence-electron chi connectivity index (χ3n) is 5.95. The Morgan fingerprint density at radius 2 is 1.64 bits per heavy atom. The third-order valence-corrected chi connectivity index (χ3v) is 5.95. The van der Waals surface area contributed by atoms with Crippen molar-refractivity contribution in [2.24, 2.45) is 0 Å². The van der Waals surface area contributed by atoms with Crippen molar-refractivity contribution in [2.45, 2.75) is 31.7 Å². The van der Waals surface area contributed by atoms with E-state index in [9.17, 15) is 4.79 Å². The number of amides is 1. The predicted molar refractivity (Wildman–Crippen MR) is 120 cm³/mol. The van der Waals surface area contributed by atoms with Crippen LogP contribution < -0.4 is 9.47 Å². The van der Waals surface area contributed by atoms with E-state index >= 15 is 0 Å². The van der Waals surface area contributed by atoms with E-state index in [2.05, 4.69) is 23.8 Å². The molecule has 1 fully saturated rings. The largest absolute Gasteiger partial charge is 0.491 e. The first kappa shape index (κ1) is 22.1. The summed E-state index contributed by atoms with van der Waals surface area (Å²) in [4.78, 5) is 20.3. The molecule has 0 radical (unpaired) electrons. The summed E-state index contributed by atoms with van der Waals surface area (Å²) >= 11 is 0. The maximum atomic E-state index is 11.1. The minimum atomic E-state index is -0.895. The summed E-state index contributed by atoms with van der Waals surface area (Å²) in [7, 11) is 0. The van der Waals surface area contributed by atoms with Crippen LogP contribution in [-0.4, -0.2) is 45.3 Å². The average molecular weight is 444 g/mol. The summed E-state index contributed by atoms with van der Waals surface area (Å²) in [6.07, 6.45) is 2.87. The number of carboxylic acid groups (broad SMARTS) is 1. The van der Waals surface area contributed by atoms with E-state index in [1.807, 2.05) is 54.6 Å². The molecule has 3 aromatic rings. The van der Waals surface area contributed by atoms with Crippen molar-refractivity contribution in [3.63, 3.8) is 0 Å². The Morgan fingerprint density at radius 3 is 2.12 bits per heavy atom. The molecule has 1 aromatic heterocycles. The van der Waals surface area contributed by atoms with Crippen molar-refractivity contribution in [3.05, 3.63) is 77.9 Å². The number of carbonyl (C=O) groups is 1. The summed E-state index contributed by atoms with van der Waals surface area (Å²) in [6, 6.07) is 17.5. The maximum absolute atomic E-state index is 11.1. The molecule has 1 atom stereocenters. The summed E-state index contributed by atoms with van der Waals surface area (Å²) in [5.41, 5.74) is 1.99.